The van der Waals surface area contributed by atoms with Crippen LogP contribution >= 0.6 is 0 Å². The third-order valence-electron chi connectivity index (χ3n) is 10.8. The number of aliphatic hydroxyl groups excluding tert-OH is 3. The van der Waals surface area contributed by atoms with Gasteiger partial charge in [-0.05, 0) is 30.4 Å². The topological polar surface area (TPSA) is 209 Å². The number of hydrogen-bond donors (Lipinski definition) is 6. The third-order valence-corrected chi connectivity index (χ3v) is 10.8. The van der Waals surface area contributed by atoms with Crippen LogP contribution in [0.3, 0.4) is 0 Å². The summed E-state index contributed by atoms with van der Waals surface area (Å²) in [5.41, 5.74) is -7.94. The zero-order valence-corrected chi connectivity index (χ0v) is 37.5. The molecule has 1 aliphatic heterocycles. The number of fused-ring (bicyclic) bond motifs is 5. The van der Waals surface area contributed by atoms with Crippen LogP contribution in [0.5, 0.6) is 0 Å². The number of esters is 2. The molecule has 1 heterocycles. The van der Waals surface area contributed by atoms with Gasteiger partial charge in [0, 0.05) is 126 Å². The molecule has 13 nitrogen and oxygen atoms in total. The SMILES string of the molecule is CC(=O)N[C@H]([C@@H](O)C(=O)O[C@H]1C[C@@]2(O)[C@@H](OC(C)=O)[C@@H]3[C@]4(O)CO[C@@H]4C[C@H](O)[C@@]3(C)C(=O)[C@H](O)C(=C1C)C2(C)C)C(C)(C)C.[Ac].[Ac]. The van der Waals surface area contributed by atoms with Gasteiger partial charge in [-0.2, -0.15) is 0 Å². The molecule has 11 atom stereocenters. The number of rotatable bonds is 5. The number of ether oxygens (including phenoxy) is 3. The van der Waals surface area contributed by atoms with Gasteiger partial charge >= 0.3 is 11.9 Å². The summed E-state index contributed by atoms with van der Waals surface area (Å²) >= 11 is 0. The van der Waals surface area contributed by atoms with Crippen LogP contribution < -0.4 is 5.32 Å². The Bertz CT molecular complexity index is 1280. The molecule has 46 heavy (non-hydrogen) atoms. The summed E-state index contributed by atoms with van der Waals surface area (Å²) in [7, 11) is 0. The van der Waals surface area contributed by atoms with Crippen molar-refractivity contribution in [2.45, 2.75) is 129 Å². The normalized spacial score (nSPS) is 39.3. The molecule has 3 fully saturated rings. The molecular formula is C31H47Ac2NO12. The van der Waals surface area contributed by atoms with Gasteiger partial charge in [0.15, 0.2) is 11.9 Å². The smallest absolute Gasteiger partial charge is 0.337 e. The molecule has 0 aromatic carbocycles. The second-order valence-electron chi connectivity index (χ2n) is 14.9. The zero-order chi connectivity index (χ0) is 33.5. The first kappa shape index (κ1) is 42.6. The Morgan fingerprint density at radius 3 is 2.07 bits per heavy atom. The minimum absolute atomic E-state index is 0. The van der Waals surface area contributed by atoms with Crippen molar-refractivity contribution in [3.8, 4) is 0 Å². The van der Waals surface area contributed by atoms with E-state index in [1.807, 2.05) is 0 Å². The van der Waals surface area contributed by atoms with Gasteiger partial charge in [0.1, 0.15) is 29.5 Å². The molecule has 1 amide bonds. The van der Waals surface area contributed by atoms with E-state index in [0.29, 0.717) is 0 Å². The third kappa shape index (κ3) is 6.64. The molecule has 0 aromatic rings. The Labute approximate surface area is 341 Å². The number of carbonyl (C=O) groups is 4. The van der Waals surface area contributed by atoms with Gasteiger partial charge in [0.25, 0.3) is 0 Å². The summed E-state index contributed by atoms with van der Waals surface area (Å²) in [5, 5.41) is 61.3. The maximum atomic E-state index is 14.3. The molecule has 0 aromatic heterocycles. The van der Waals surface area contributed by atoms with Crippen LogP contribution in [0, 0.1) is 110 Å². The molecule has 6 N–H and O–H groups in total. The summed E-state index contributed by atoms with van der Waals surface area (Å²) < 4.78 is 17.1. The van der Waals surface area contributed by atoms with Crippen LogP contribution in [0.25, 0.3) is 0 Å². The number of aliphatic hydroxyl groups is 5. The Kier molecular flexibility index (Phi) is 13.2. The number of nitrogens with one attached hydrogen (secondary N) is 1. The van der Waals surface area contributed by atoms with Crippen molar-refractivity contribution in [2.24, 2.45) is 22.2 Å². The van der Waals surface area contributed by atoms with Crippen LogP contribution in [0.1, 0.15) is 75.2 Å². The second kappa shape index (κ2) is 14.2. The molecule has 2 radical (unpaired) electrons. The predicted octanol–water partition coefficient (Wildman–Crippen LogP) is -0.320. The van der Waals surface area contributed by atoms with Gasteiger partial charge < -0.3 is 45.1 Å². The van der Waals surface area contributed by atoms with E-state index >= 15 is 0 Å². The van der Waals surface area contributed by atoms with E-state index in [9.17, 15) is 44.7 Å². The average Bonchev–Trinajstić information content (AvgIpc) is 2.88. The van der Waals surface area contributed by atoms with E-state index in [-0.39, 0.29) is 112 Å². The Hall–Kier alpha value is 0.463. The van der Waals surface area contributed by atoms with Crippen molar-refractivity contribution < 1.29 is 147 Å². The monoisotopic (exact) mass is 1080 g/mol. The zero-order valence-electron chi connectivity index (χ0n) is 28.0. The summed E-state index contributed by atoms with van der Waals surface area (Å²) in [5.74, 6) is -4.74. The fourth-order valence-corrected chi connectivity index (χ4v) is 8.13. The van der Waals surface area contributed by atoms with Crippen LogP contribution in [0.4, 0.5) is 0 Å². The van der Waals surface area contributed by atoms with Crippen molar-refractivity contribution in [1.82, 2.24) is 5.32 Å². The van der Waals surface area contributed by atoms with Crippen LogP contribution in [-0.2, 0) is 33.4 Å². The van der Waals surface area contributed by atoms with E-state index in [0.717, 1.165) is 6.92 Å². The molecule has 4 aliphatic rings. The van der Waals surface area contributed by atoms with E-state index in [4.69, 9.17) is 14.2 Å². The fourth-order valence-electron chi connectivity index (χ4n) is 8.13. The molecule has 2 bridgehead atoms. The molecule has 3 aliphatic carbocycles. The number of Topliss-reactive ketones (excluding diaryl/α,β-unsaturated/α-hetero) is 1. The first-order chi connectivity index (χ1) is 20.0. The van der Waals surface area contributed by atoms with Crippen molar-refractivity contribution in [2.75, 3.05) is 6.61 Å². The minimum Gasteiger partial charge on any atom is -0.459 e. The first-order valence-corrected chi connectivity index (χ1v) is 15.0. The fraction of sp³-hybridized carbons (Fsp3) is 0.806. The number of carbonyl (C=O) groups excluding carboxylic acids is 4. The molecule has 0 spiro atoms. The summed E-state index contributed by atoms with van der Waals surface area (Å²) in [6.45, 7) is 13.2. The summed E-state index contributed by atoms with van der Waals surface area (Å²) in [6, 6.07) is -1.05. The molecular weight excluding hydrogens is 1030 g/mol. The molecule has 2 saturated carbocycles. The Balaban J connectivity index is 0.00000368. The van der Waals surface area contributed by atoms with Gasteiger partial charge in [-0.1, -0.05) is 34.6 Å². The van der Waals surface area contributed by atoms with E-state index < -0.39 is 106 Å². The van der Waals surface area contributed by atoms with Gasteiger partial charge in [0.2, 0.25) is 5.91 Å². The second-order valence-corrected chi connectivity index (χ2v) is 14.9. The van der Waals surface area contributed by atoms with Crippen molar-refractivity contribution in [3.05, 3.63) is 11.1 Å². The first-order valence-electron chi connectivity index (χ1n) is 15.0. The number of amides is 1. The molecule has 254 valence electrons. The van der Waals surface area contributed by atoms with Gasteiger partial charge in [-0.15, -0.1) is 0 Å². The number of hydrogen-bond acceptors (Lipinski definition) is 12. The predicted molar refractivity (Wildman–Crippen MR) is 152 cm³/mol. The molecule has 15 heteroatoms. The quantitative estimate of drug-likeness (QED) is 0.155. The van der Waals surface area contributed by atoms with E-state index in [2.05, 4.69) is 5.32 Å². The van der Waals surface area contributed by atoms with Crippen LogP contribution in [0.15, 0.2) is 11.1 Å². The molecule has 4 rings (SSSR count). The largest absolute Gasteiger partial charge is 0.459 e. The maximum Gasteiger partial charge on any atom is 0.337 e. The summed E-state index contributed by atoms with van der Waals surface area (Å²) in [6.07, 6.45) is -9.62. The minimum atomic E-state index is -2.19. The van der Waals surface area contributed by atoms with E-state index in [1.54, 1.807) is 34.6 Å². The van der Waals surface area contributed by atoms with Gasteiger partial charge in [-0.3, -0.25) is 14.4 Å². The molecule has 1 saturated heterocycles. The Morgan fingerprint density at radius 1 is 1.04 bits per heavy atom. The van der Waals surface area contributed by atoms with E-state index in [1.165, 1.54) is 20.8 Å². The number of ketones is 1. The van der Waals surface area contributed by atoms with Crippen molar-refractivity contribution >= 4 is 23.6 Å². The van der Waals surface area contributed by atoms with Crippen molar-refractivity contribution in [1.29, 1.82) is 0 Å². The van der Waals surface area contributed by atoms with Crippen LogP contribution in [0.2, 0.25) is 0 Å². The van der Waals surface area contributed by atoms with Crippen molar-refractivity contribution in [3.63, 3.8) is 0 Å². The van der Waals surface area contributed by atoms with Gasteiger partial charge in [-0.25, -0.2) is 4.79 Å². The van der Waals surface area contributed by atoms with Gasteiger partial charge in [0.05, 0.1) is 30.3 Å². The Morgan fingerprint density at radius 2 is 1.61 bits per heavy atom. The van der Waals surface area contributed by atoms with Crippen LogP contribution in [-0.4, -0.2) is 110 Å². The maximum absolute atomic E-state index is 14.3. The molecule has 0 unspecified atom stereocenters. The summed E-state index contributed by atoms with van der Waals surface area (Å²) in [4.78, 5) is 52.2. The standard InChI is InChI=1S/C31H47NO12.2Ac/c1-13-16(44-26(39)21(37)23(27(4,5)6)32-14(2)33)11-31(41)25(43-15(3)34)22-29(9,17(35)10-18-30(22,40)12-42-18)24(38)20(36)19(13)28(31,7)8;;/h16-18,20-23,25,35-37,40-41H,10-12H2,1-9H3,(H,32,33);;/t16-,17-,18+,20+,21+,22-,23+,25-,29+,30-,31+;;/m0../s1. The average molecular weight is 1080 g/mol.